The summed E-state index contributed by atoms with van der Waals surface area (Å²) in [7, 11) is 1.60. The van der Waals surface area contributed by atoms with Crippen LogP contribution in [0.2, 0.25) is 0 Å². The Bertz CT molecular complexity index is 918. The van der Waals surface area contributed by atoms with Crippen LogP contribution in [0, 0.1) is 11.2 Å². The van der Waals surface area contributed by atoms with Crippen LogP contribution in [-0.4, -0.2) is 38.2 Å². The Balaban J connectivity index is 1.59. The molecule has 0 radical (unpaired) electrons. The average Bonchev–Trinajstić information content (AvgIpc) is 3.25. The fraction of sp³-hybridized carbons (Fsp3) is 0.421. The number of rotatable bonds is 6. The Hall–Kier alpha value is -2.58. The van der Waals surface area contributed by atoms with E-state index in [0.29, 0.717) is 24.9 Å². The highest BCUT2D eigenvalue weighted by atomic mass is 19.1. The van der Waals surface area contributed by atoms with Gasteiger partial charge in [0.05, 0.1) is 12.6 Å². The highest BCUT2D eigenvalue weighted by Gasteiger charge is 2.49. The van der Waals surface area contributed by atoms with Crippen LogP contribution < -0.4 is 0 Å². The number of imidazole rings is 1. The minimum absolute atomic E-state index is 0.0402. The van der Waals surface area contributed by atoms with E-state index in [4.69, 9.17) is 9.26 Å². The predicted molar refractivity (Wildman–Crippen MR) is 95.5 cm³/mol. The average molecular weight is 371 g/mol. The molecule has 0 bridgehead atoms. The van der Waals surface area contributed by atoms with Gasteiger partial charge in [-0.15, -0.1) is 0 Å². The molecule has 0 aliphatic carbocycles. The van der Waals surface area contributed by atoms with E-state index >= 15 is 0 Å². The summed E-state index contributed by atoms with van der Waals surface area (Å²) >= 11 is 0. The van der Waals surface area contributed by atoms with E-state index in [1.807, 2.05) is 10.8 Å². The zero-order valence-electron chi connectivity index (χ0n) is 15.6. The lowest BCUT2D eigenvalue weighted by Crippen LogP contribution is -2.55. The lowest BCUT2D eigenvalue weighted by Gasteiger charge is -2.53. The first-order chi connectivity index (χ1) is 13.0. The van der Waals surface area contributed by atoms with E-state index in [1.54, 1.807) is 25.4 Å². The molecular formula is C19H22FN5O2. The van der Waals surface area contributed by atoms with Crippen molar-refractivity contribution in [2.75, 3.05) is 13.7 Å². The standard InChI is InChI=1S/C19H22FN5O2/c1-19(2)12-24(10-16-22-15(11-26-3)23-27-16)17(19)18-21-8-9-25(18)14-6-4-13(20)5-7-14/h4-9,17H,10-12H2,1-3H3. The van der Waals surface area contributed by atoms with Gasteiger partial charge in [-0.1, -0.05) is 19.0 Å². The van der Waals surface area contributed by atoms with Crippen LogP contribution in [0.15, 0.2) is 41.2 Å². The topological polar surface area (TPSA) is 69.2 Å². The first kappa shape index (κ1) is 17.8. The van der Waals surface area contributed by atoms with Crippen molar-refractivity contribution in [3.05, 3.63) is 60.0 Å². The van der Waals surface area contributed by atoms with Crippen molar-refractivity contribution in [2.45, 2.75) is 33.0 Å². The van der Waals surface area contributed by atoms with Gasteiger partial charge in [-0.05, 0) is 24.3 Å². The molecule has 7 nitrogen and oxygen atoms in total. The number of halogens is 1. The molecule has 1 aromatic carbocycles. The SMILES string of the molecule is COCc1noc(CN2CC(C)(C)C2c2nccn2-c2ccc(F)cc2)n1. The predicted octanol–water partition coefficient (Wildman–Crippen LogP) is 3.12. The highest BCUT2D eigenvalue weighted by Crippen LogP contribution is 2.48. The van der Waals surface area contributed by atoms with Gasteiger partial charge in [0.15, 0.2) is 5.82 Å². The molecule has 3 heterocycles. The zero-order chi connectivity index (χ0) is 19.0. The maximum atomic E-state index is 13.3. The van der Waals surface area contributed by atoms with Gasteiger partial charge < -0.3 is 13.8 Å². The molecule has 1 fully saturated rings. The van der Waals surface area contributed by atoms with Gasteiger partial charge in [-0.3, -0.25) is 4.90 Å². The van der Waals surface area contributed by atoms with E-state index in [2.05, 4.69) is 33.9 Å². The quantitative estimate of drug-likeness (QED) is 0.663. The summed E-state index contributed by atoms with van der Waals surface area (Å²) in [5.74, 6) is 1.75. The van der Waals surface area contributed by atoms with Crippen LogP contribution in [-0.2, 0) is 17.9 Å². The molecule has 0 spiro atoms. The van der Waals surface area contributed by atoms with Crippen LogP contribution in [0.5, 0.6) is 0 Å². The molecule has 0 saturated carbocycles. The summed E-state index contributed by atoms with van der Waals surface area (Å²) < 4.78 is 25.7. The second-order valence-corrected chi connectivity index (χ2v) is 7.47. The van der Waals surface area contributed by atoms with Crippen LogP contribution in [0.4, 0.5) is 4.39 Å². The largest absolute Gasteiger partial charge is 0.377 e. The molecule has 1 saturated heterocycles. The second-order valence-electron chi connectivity index (χ2n) is 7.47. The summed E-state index contributed by atoms with van der Waals surface area (Å²) in [5, 5.41) is 3.92. The number of benzene rings is 1. The first-order valence-electron chi connectivity index (χ1n) is 8.81. The lowest BCUT2D eigenvalue weighted by molar-refractivity contribution is -0.0694. The highest BCUT2D eigenvalue weighted by molar-refractivity contribution is 5.34. The molecule has 1 aliphatic rings. The molecule has 1 aliphatic heterocycles. The molecule has 0 N–H and O–H groups in total. The van der Waals surface area contributed by atoms with Gasteiger partial charge in [-0.2, -0.15) is 4.98 Å². The maximum Gasteiger partial charge on any atom is 0.240 e. The molecule has 8 heteroatoms. The molecule has 2 aromatic heterocycles. The van der Waals surface area contributed by atoms with Crippen LogP contribution in [0.1, 0.15) is 37.4 Å². The molecule has 4 rings (SSSR count). The Morgan fingerprint density at radius 3 is 2.78 bits per heavy atom. The third kappa shape index (κ3) is 3.38. The number of likely N-dealkylation sites (tertiary alicyclic amines) is 1. The number of hydrogen-bond donors (Lipinski definition) is 0. The van der Waals surface area contributed by atoms with Crippen LogP contribution in [0.3, 0.4) is 0 Å². The Kier molecular flexibility index (Phi) is 4.53. The molecule has 27 heavy (non-hydrogen) atoms. The normalized spacial score (nSPS) is 19.2. The van der Waals surface area contributed by atoms with E-state index in [9.17, 15) is 4.39 Å². The van der Waals surface area contributed by atoms with Crippen molar-refractivity contribution in [1.29, 1.82) is 0 Å². The fourth-order valence-electron chi connectivity index (χ4n) is 3.80. The van der Waals surface area contributed by atoms with Gasteiger partial charge in [0.2, 0.25) is 5.89 Å². The number of nitrogens with zero attached hydrogens (tertiary/aromatic N) is 5. The van der Waals surface area contributed by atoms with E-state index in [-0.39, 0.29) is 17.3 Å². The lowest BCUT2D eigenvalue weighted by atomic mass is 9.74. The van der Waals surface area contributed by atoms with Gasteiger partial charge in [0.25, 0.3) is 0 Å². The van der Waals surface area contributed by atoms with E-state index < -0.39 is 0 Å². The summed E-state index contributed by atoms with van der Waals surface area (Å²) in [6.07, 6.45) is 3.67. The third-order valence-corrected chi connectivity index (χ3v) is 4.86. The summed E-state index contributed by atoms with van der Waals surface area (Å²) in [6, 6.07) is 6.50. The monoisotopic (exact) mass is 371 g/mol. The van der Waals surface area contributed by atoms with Crippen molar-refractivity contribution in [1.82, 2.24) is 24.6 Å². The van der Waals surface area contributed by atoms with Crippen molar-refractivity contribution in [2.24, 2.45) is 5.41 Å². The minimum Gasteiger partial charge on any atom is -0.377 e. The molecule has 0 amide bonds. The molecule has 3 aromatic rings. The molecule has 142 valence electrons. The van der Waals surface area contributed by atoms with Gasteiger partial charge in [0, 0.05) is 37.2 Å². The zero-order valence-corrected chi connectivity index (χ0v) is 15.6. The fourth-order valence-corrected chi connectivity index (χ4v) is 3.80. The second kappa shape index (κ2) is 6.86. The van der Waals surface area contributed by atoms with Crippen molar-refractivity contribution < 1.29 is 13.7 Å². The first-order valence-corrected chi connectivity index (χ1v) is 8.81. The van der Waals surface area contributed by atoms with Gasteiger partial charge in [-0.25, -0.2) is 9.37 Å². The Morgan fingerprint density at radius 1 is 1.30 bits per heavy atom. The van der Waals surface area contributed by atoms with Crippen molar-refractivity contribution >= 4 is 0 Å². The summed E-state index contributed by atoms with van der Waals surface area (Å²) in [6.45, 7) is 6.18. The van der Waals surface area contributed by atoms with Crippen LogP contribution in [0.25, 0.3) is 5.69 Å². The summed E-state index contributed by atoms with van der Waals surface area (Å²) in [5.41, 5.74) is 0.921. The van der Waals surface area contributed by atoms with Gasteiger partial charge in [0.1, 0.15) is 18.2 Å². The maximum absolute atomic E-state index is 13.3. The van der Waals surface area contributed by atoms with Gasteiger partial charge >= 0.3 is 0 Å². The van der Waals surface area contributed by atoms with Crippen molar-refractivity contribution in [3.63, 3.8) is 0 Å². The molecular weight excluding hydrogens is 349 g/mol. The number of ether oxygens (including phenoxy) is 1. The number of methoxy groups -OCH3 is 1. The minimum atomic E-state index is -0.255. The molecule has 1 unspecified atom stereocenters. The van der Waals surface area contributed by atoms with Crippen LogP contribution >= 0.6 is 0 Å². The van der Waals surface area contributed by atoms with E-state index in [0.717, 1.165) is 18.1 Å². The Morgan fingerprint density at radius 2 is 2.07 bits per heavy atom. The molecule has 1 atom stereocenters. The van der Waals surface area contributed by atoms with E-state index in [1.165, 1.54) is 12.1 Å². The smallest absolute Gasteiger partial charge is 0.240 e. The number of aromatic nitrogens is 4. The van der Waals surface area contributed by atoms with Crippen molar-refractivity contribution in [3.8, 4) is 5.69 Å². The third-order valence-electron chi connectivity index (χ3n) is 4.86. The Labute approximate surface area is 156 Å². The summed E-state index contributed by atoms with van der Waals surface area (Å²) in [4.78, 5) is 11.2. The number of hydrogen-bond acceptors (Lipinski definition) is 6.